The Balaban J connectivity index is 1.74. The second-order valence-corrected chi connectivity index (χ2v) is 8.52. The van der Waals surface area contributed by atoms with Crippen molar-refractivity contribution in [3.63, 3.8) is 0 Å². The van der Waals surface area contributed by atoms with Crippen LogP contribution in [0.4, 0.5) is 0 Å². The molecule has 6 nitrogen and oxygen atoms in total. The van der Waals surface area contributed by atoms with E-state index in [1.165, 1.54) is 4.31 Å². The van der Waals surface area contributed by atoms with Gasteiger partial charge in [0.2, 0.25) is 10.0 Å². The smallest absolute Gasteiger partial charge is 0.242 e. The van der Waals surface area contributed by atoms with E-state index in [9.17, 15) is 8.42 Å². The van der Waals surface area contributed by atoms with Gasteiger partial charge < -0.3 is 9.32 Å². The largest absolute Gasteiger partial charge is 0.449 e. The van der Waals surface area contributed by atoms with Gasteiger partial charge in [-0.1, -0.05) is 12.1 Å². The van der Waals surface area contributed by atoms with Gasteiger partial charge in [0.15, 0.2) is 5.89 Å². The first-order chi connectivity index (χ1) is 11.4. The molecule has 1 saturated heterocycles. The van der Waals surface area contributed by atoms with Gasteiger partial charge in [-0.15, -0.1) is 0 Å². The van der Waals surface area contributed by atoms with E-state index in [2.05, 4.69) is 16.9 Å². The third-order valence-corrected chi connectivity index (χ3v) is 6.32. The molecule has 1 atom stereocenters. The summed E-state index contributed by atoms with van der Waals surface area (Å²) < 4.78 is 32.1. The number of sulfonamides is 1. The normalized spacial score (nSPS) is 19.2. The summed E-state index contributed by atoms with van der Waals surface area (Å²) in [7, 11) is 0.257. The molecule has 1 aromatic heterocycles. The SMILES string of the molecule is Cc1nc(-c2ccc(S(=O)(=O)N(C)C[C@@H]3CCN(C)C3)cc2)co1. The standard InChI is InChI=1S/C17H23N3O3S/c1-13-18-17(12-23-13)15-4-6-16(7-5-15)24(21,22)20(3)11-14-8-9-19(2)10-14/h4-7,12,14H,8-11H2,1-3H3/t14-/m1/s1. The molecule has 1 aliphatic heterocycles. The Bertz CT molecular complexity index is 799. The Morgan fingerprint density at radius 1 is 1.33 bits per heavy atom. The van der Waals surface area contributed by atoms with Crippen LogP contribution in [0.15, 0.2) is 39.8 Å². The number of hydrogen-bond donors (Lipinski definition) is 0. The number of rotatable bonds is 5. The maximum Gasteiger partial charge on any atom is 0.242 e. The molecule has 7 heteroatoms. The van der Waals surface area contributed by atoms with Crippen LogP contribution in [-0.4, -0.2) is 56.3 Å². The lowest BCUT2D eigenvalue weighted by molar-refractivity contribution is 0.357. The Labute approximate surface area is 143 Å². The summed E-state index contributed by atoms with van der Waals surface area (Å²) >= 11 is 0. The van der Waals surface area contributed by atoms with E-state index in [-0.39, 0.29) is 0 Å². The molecule has 1 aromatic carbocycles. The zero-order valence-corrected chi connectivity index (χ0v) is 15.1. The van der Waals surface area contributed by atoms with Gasteiger partial charge in [-0.3, -0.25) is 0 Å². The summed E-state index contributed by atoms with van der Waals surface area (Å²) in [4.78, 5) is 6.79. The van der Waals surface area contributed by atoms with Crippen molar-refractivity contribution < 1.29 is 12.8 Å². The van der Waals surface area contributed by atoms with Crippen LogP contribution >= 0.6 is 0 Å². The van der Waals surface area contributed by atoms with E-state index in [4.69, 9.17) is 4.42 Å². The van der Waals surface area contributed by atoms with Gasteiger partial charge in [0.05, 0.1) is 4.90 Å². The van der Waals surface area contributed by atoms with Crippen molar-refractivity contribution in [3.8, 4) is 11.3 Å². The van der Waals surface area contributed by atoms with Gasteiger partial charge in [0.1, 0.15) is 12.0 Å². The number of aromatic nitrogens is 1. The quantitative estimate of drug-likeness (QED) is 0.828. The zero-order valence-electron chi connectivity index (χ0n) is 14.3. The van der Waals surface area contributed by atoms with Gasteiger partial charge in [0.25, 0.3) is 0 Å². The van der Waals surface area contributed by atoms with E-state index in [1.54, 1.807) is 44.5 Å². The van der Waals surface area contributed by atoms with E-state index in [1.807, 2.05) is 0 Å². The third-order valence-electron chi connectivity index (χ3n) is 4.48. The second kappa shape index (κ2) is 6.66. The van der Waals surface area contributed by atoms with Crippen molar-refractivity contribution in [2.45, 2.75) is 18.2 Å². The molecule has 0 unspecified atom stereocenters. The van der Waals surface area contributed by atoms with Crippen molar-refractivity contribution in [2.75, 3.05) is 33.7 Å². The summed E-state index contributed by atoms with van der Waals surface area (Å²) in [6, 6.07) is 6.79. The topological polar surface area (TPSA) is 66.7 Å². The summed E-state index contributed by atoms with van der Waals surface area (Å²) in [5.41, 5.74) is 1.55. The number of benzene rings is 1. The number of aryl methyl sites for hydroxylation is 1. The van der Waals surface area contributed by atoms with Crippen molar-refractivity contribution >= 4 is 10.0 Å². The minimum atomic E-state index is -3.47. The van der Waals surface area contributed by atoms with Crippen LogP contribution in [0, 0.1) is 12.8 Å². The minimum Gasteiger partial charge on any atom is -0.449 e. The molecule has 130 valence electrons. The molecule has 3 rings (SSSR count). The van der Waals surface area contributed by atoms with Crippen molar-refractivity contribution in [3.05, 3.63) is 36.4 Å². The van der Waals surface area contributed by atoms with Crippen LogP contribution < -0.4 is 0 Å². The fourth-order valence-corrected chi connectivity index (χ4v) is 4.36. The van der Waals surface area contributed by atoms with Gasteiger partial charge in [-0.2, -0.15) is 0 Å². The predicted octanol–water partition coefficient (Wildman–Crippen LogP) is 2.22. The van der Waals surface area contributed by atoms with Crippen LogP contribution in [0.5, 0.6) is 0 Å². The molecule has 0 bridgehead atoms. The third kappa shape index (κ3) is 3.53. The maximum atomic E-state index is 12.7. The lowest BCUT2D eigenvalue weighted by Crippen LogP contribution is -2.32. The second-order valence-electron chi connectivity index (χ2n) is 6.48. The van der Waals surface area contributed by atoms with Crippen molar-refractivity contribution in [1.29, 1.82) is 0 Å². The number of nitrogens with zero attached hydrogens (tertiary/aromatic N) is 3. The van der Waals surface area contributed by atoms with Crippen LogP contribution in [0.1, 0.15) is 12.3 Å². The summed E-state index contributed by atoms with van der Waals surface area (Å²) in [5, 5.41) is 0. The lowest BCUT2D eigenvalue weighted by Gasteiger charge is -2.21. The number of hydrogen-bond acceptors (Lipinski definition) is 5. The van der Waals surface area contributed by atoms with Crippen molar-refractivity contribution in [2.24, 2.45) is 5.92 Å². The molecule has 24 heavy (non-hydrogen) atoms. The Morgan fingerprint density at radius 2 is 2.04 bits per heavy atom. The van der Waals surface area contributed by atoms with Crippen molar-refractivity contribution in [1.82, 2.24) is 14.2 Å². The monoisotopic (exact) mass is 349 g/mol. The molecular weight excluding hydrogens is 326 g/mol. The zero-order chi connectivity index (χ0) is 17.3. The molecule has 1 fully saturated rings. The van der Waals surface area contributed by atoms with Gasteiger partial charge in [-0.25, -0.2) is 17.7 Å². The maximum absolute atomic E-state index is 12.7. The fourth-order valence-electron chi connectivity index (χ4n) is 3.11. The molecule has 2 heterocycles. The molecule has 0 N–H and O–H groups in total. The van der Waals surface area contributed by atoms with Gasteiger partial charge >= 0.3 is 0 Å². The summed E-state index contributed by atoms with van der Waals surface area (Å²) in [6.07, 6.45) is 2.61. The summed E-state index contributed by atoms with van der Waals surface area (Å²) in [6.45, 7) is 4.31. The Kier molecular flexibility index (Phi) is 4.76. The summed E-state index contributed by atoms with van der Waals surface area (Å²) in [5.74, 6) is 0.982. The minimum absolute atomic E-state index is 0.306. The van der Waals surface area contributed by atoms with Crippen LogP contribution in [0.3, 0.4) is 0 Å². The number of likely N-dealkylation sites (tertiary alicyclic amines) is 1. The van der Waals surface area contributed by atoms with Crippen LogP contribution in [0.2, 0.25) is 0 Å². The Morgan fingerprint density at radius 3 is 2.58 bits per heavy atom. The van der Waals surface area contributed by atoms with E-state index >= 15 is 0 Å². The highest BCUT2D eigenvalue weighted by Crippen LogP contribution is 2.23. The molecule has 0 aliphatic carbocycles. The van der Waals surface area contributed by atoms with Gasteiger partial charge in [-0.05, 0) is 38.1 Å². The predicted molar refractivity (Wildman–Crippen MR) is 92.1 cm³/mol. The van der Waals surface area contributed by atoms with E-state index in [0.717, 1.165) is 25.1 Å². The fraction of sp³-hybridized carbons (Fsp3) is 0.471. The first kappa shape index (κ1) is 17.1. The molecule has 0 amide bonds. The highest BCUT2D eigenvalue weighted by atomic mass is 32.2. The van der Waals surface area contributed by atoms with E-state index in [0.29, 0.717) is 28.9 Å². The van der Waals surface area contributed by atoms with Crippen LogP contribution in [0.25, 0.3) is 11.3 Å². The molecule has 0 saturated carbocycles. The molecule has 0 radical (unpaired) electrons. The van der Waals surface area contributed by atoms with E-state index < -0.39 is 10.0 Å². The highest BCUT2D eigenvalue weighted by molar-refractivity contribution is 7.89. The molecule has 1 aliphatic rings. The molecular formula is C17H23N3O3S. The van der Waals surface area contributed by atoms with Gasteiger partial charge in [0, 0.05) is 32.6 Å². The molecule has 2 aromatic rings. The van der Waals surface area contributed by atoms with Crippen LogP contribution in [-0.2, 0) is 10.0 Å². The average molecular weight is 349 g/mol. The highest BCUT2D eigenvalue weighted by Gasteiger charge is 2.27. The lowest BCUT2D eigenvalue weighted by atomic mass is 10.1. The molecule has 0 spiro atoms. The Hall–Kier alpha value is -1.70. The average Bonchev–Trinajstić information content (AvgIpc) is 3.16. The first-order valence-electron chi connectivity index (χ1n) is 8.03. The first-order valence-corrected chi connectivity index (χ1v) is 9.48. The number of oxazole rings is 1.